The van der Waals surface area contributed by atoms with E-state index in [0.717, 1.165) is 4.47 Å². The van der Waals surface area contributed by atoms with Crippen LogP contribution >= 0.6 is 15.9 Å². The molecule has 0 bridgehead atoms. The molecule has 86 valence electrons. The van der Waals surface area contributed by atoms with Gasteiger partial charge in [-0.15, -0.1) is 0 Å². The number of nitrogen functional groups attached to an aromatic ring is 1. The molecule has 5 nitrogen and oxygen atoms in total. The van der Waals surface area contributed by atoms with Gasteiger partial charge in [0.05, 0.1) is 12.0 Å². The smallest absolute Gasteiger partial charge is 0.305 e. The molecule has 0 saturated carbocycles. The van der Waals surface area contributed by atoms with E-state index in [4.69, 9.17) is 10.8 Å². The minimum absolute atomic E-state index is 0.0835. The molecular formula is C10H11BrN2O3. The fourth-order valence-electron chi connectivity index (χ4n) is 1.10. The highest BCUT2D eigenvalue weighted by atomic mass is 79.9. The quantitative estimate of drug-likeness (QED) is 0.726. The van der Waals surface area contributed by atoms with E-state index in [1.807, 2.05) is 0 Å². The minimum atomic E-state index is -0.956. The zero-order valence-electron chi connectivity index (χ0n) is 8.37. The van der Waals surface area contributed by atoms with Gasteiger partial charge in [-0.2, -0.15) is 0 Å². The van der Waals surface area contributed by atoms with Crippen molar-refractivity contribution in [3.05, 3.63) is 28.2 Å². The van der Waals surface area contributed by atoms with Crippen molar-refractivity contribution in [2.45, 2.75) is 6.42 Å². The predicted molar refractivity (Wildman–Crippen MR) is 63.1 cm³/mol. The van der Waals surface area contributed by atoms with Gasteiger partial charge in [-0.05, 0) is 18.2 Å². The Kier molecular flexibility index (Phi) is 4.30. The Morgan fingerprint density at radius 1 is 1.44 bits per heavy atom. The van der Waals surface area contributed by atoms with Crippen molar-refractivity contribution in [3.63, 3.8) is 0 Å². The number of carbonyl (C=O) groups is 2. The molecule has 1 aromatic rings. The lowest BCUT2D eigenvalue weighted by molar-refractivity contribution is -0.136. The Labute approximate surface area is 101 Å². The highest BCUT2D eigenvalue weighted by Gasteiger charge is 2.09. The van der Waals surface area contributed by atoms with Gasteiger partial charge in [0.25, 0.3) is 5.91 Å². The van der Waals surface area contributed by atoms with E-state index in [1.54, 1.807) is 18.2 Å². The Morgan fingerprint density at radius 3 is 2.75 bits per heavy atom. The number of nitrogens with one attached hydrogen (secondary N) is 1. The van der Waals surface area contributed by atoms with Gasteiger partial charge in [0.2, 0.25) is 0 Å². The second kappa shape index (κ2) is 5.50. The lowest BCUT2D eigenvalue weighted by Gasteiger charge is -2.06. The molecule has 0 aromatic heterocycles. The number of benzene rings is 1. The van der Waals surface area contributed by atoms with E-state index in [2.05, 4.69) is 21.2 Å². The average Bonchev–Trinajstić information content (AvgIpc) is 2.21. The summed E-state index contributed by atoms with van der Waals surface area (Å²) in [5.74, 6) is -1.33. The largest absolute Gasteiger partial charge is 0.481 e. The summed E-state index contributed by atoms with van der Waals surface area (Å²) in [4.78, 5) is 21.8. The summed E-state index contributed by atoms with van der Waals surface area (Å²) in [7, 11) is 0. The van der Waals surface area contributed by atoms with E-state index in [1.165, 1.54) is 0 Å². The average molecular weight is 287 g/mol. The lowest BCUT2D eigenvalue weighted by Crippen LogP contribution is -2.26. The van der Waals surface area contributed by atoms with Gasteiger partial charge in [-0.25, -0.2) is 0 Å². The van der Waals surface area contributed by atoms with Crippen molar-refractivity contribution >= 4 is 33.5 Å². The highest BCUT2D eigenvalue weighted by Crippen LogP contribution is 2.18. The van der Waals surface area contributed by atoms with Gasteiger partial charge in [-0.3, -0.25) is 9.59 Å². The third-order valence-corrected chi connectivity index (χ3v) is 2.38. The van der Waals surface area contributed by atoms with E-state index in [-0.39, 0.29) is 18.9 Å². The number of carboxylic acids is 1. The van der Waals surface area contributed by atoms with Crippen LogP contribution < -0.4 is 11.1 Å². The monoisotopic (exact) mass is 286 g/mol. The van der Waals surface area contributed by atoms with Crippen LogP contribution in [0, 0.1) is 0 Å². The van der Waals surface area contributed by atoms with Gasteiger partial charge in [0.15, 0.2) is 0 Å². The Bertz CT molecular complexity index is 421. The first-order valence-corrected chi connectivity index (χ1v) is 5.35. The molecule has 4 N–H and O–H groups in total. The maximum absolute atomic E-state index is 11.6. The lowest BCUT2D eigenvalue weighted by atomic mass is 10.1. The van der Waals surface area contributed by atoms with Crippen LogP contribution in [0.3, 0.4) is 0 Å². The number of hydrogen-bond donors (Lipinski definition) is 3. The summed E-state index contributed by atoms with van der Waals surface area (Å²) in [6.45, 7) is 0.0835. The van der Waals surface area contributed by atoms with Crippen LogP contribution in [0.25, 0.3) is 0 Å². The minimum Gasteiger partial charge on any atom is -0.481 e. The molecule has 0 aliphatic heterocycles. The predicted octanol–water partition coefficient (Wildman–Crippen LogP) is 1.24. The third kappa shape index (κ3) is 3.54. The molecule has 0 saturated heterocycles. The topological polar surface area (TPSA) is 92.4 Å². The van der Waals surface area contributed by atoms with Gasteiger partial charge >= 0.3 is 5.97 Å². The number of carbonyl (C=O) groups excluding carboxylic acids is 1. The zero-order chi connectivity index (χ0) is 12.1. The number of carboxylic acid groups (broad SMARTS) is 1. The van der Waals surface area contributed by atoms with Crippen LogP contribution in [0.2, 0.25) is 0 Å². The first-order chi connectivity index (χ1) is 7.50. The molecule has 0 unspecified atom stereocenters. The molecule has 0 radical (unpaired) electrons. The van der Waals surface area contributed by atoms with Gasteiger partial charge in [0, 0.05) is 16.7 Å². The summed E-state index contributed by atoms with van der Waals surface area (Å²) in [6.07, 6.45) is -0.111. The molecule has 6 heteroatoms. The fraction of sp³-hybridized carbons (Fsp3) is 0.200. The molecule has 1 amide bonds. The summed E-state index contributed by atoms with van der Waals surface area (Å²) >= 11 is 3.23. The normalized spacial score (nSPS) is 9.81. The van der Waals surface area contributed by atoms with Gasteiger partial charge < -0.3 is 16.2 Å². The Hall–Kier alpha value is -1.56. The van der Waals surface area contributed by atoms with Gasteiger partial charge in [0.1, 0.15) is 0 Å². The molecule has 1 rings (SSSR count). The molecule has 0 aliphatic carbocycles. The summed E-state index contributed by atoms with van der Waals surface area (Å²) in [5.41, 5.74) is 6.31. The number of anilines is 1. The van der Waals surface area contributed by atoms with Crippen molar-refractivity contribution in [2.75, 3.05) is 12.3 Å². The van der Waals surface area contributed by atoms with E-state index in [0.29, 0.717) is 11.3 Å². The SMILES string of the molecule is Nc1ccc(Br)cc1C(=O)NCCC(=O)O. The maximum Gasteiger partial charge on any atom is 0.305 e. The van der Waals surface area contributed by atoms with Crippen molar-refractivity contribution in [1.82, 2.24) is 5.32 Å². The maximum atomic E-state index is 11.6. The second-order valence-corrected chi connectivity index (χ2v) is 4.05. The first kappa shape index (κ1) is 12.5. The van der Waals surface area contributed by atoms with E-state index >= 15 is 0 Å². The number of hydrogen-bond acceptors (Lipinski definition) is 3. The fourth-order valence-corrected chi connectivity index (χ4v) is 1.46. The first-order valence-electron chi connectivity index (χ1n) is 4.55. The zero-order valence-corrected chi connectivity index (χ0v) is 9.95. The number of aliphatic carboxylic acids is 1. The highest BCUT2D eigenvalue weighted by molar-refractivity contribution is 9.10. The van der Waals surface area contributed by atoms with Crippen molar-refractivity contribution in [1.29, 1.82) is 0 Å². The molecule has 0 aliphatic rings. The van der Waals surface area contributed by atoms with Crippen molar-refractivity contribution < 1.29 is 14.7 Å². The summed E-state index contributed by atoms with van der Waals surface area (Å²) in [5, 5.41) is 10.9. The second-order valence-electron chi connectivity index (χ2n) is 3.13. The number of rotatable bonds is 4. The Balaban J connectivity index is 2.65. The molecule has 0 heterocycles. The van der Waals surface area contributed by atoms with E-state index < -0.39 is 5.97 Å². The van der Waals surface area contributed by atoms with Gasteiger partial charge in [-0.1, -0.05) is 15.9 Å². The summed E-state index contributed by atoms with van der Waals surface area (Å²) in [6, 6.07) is 4.92. The van der Waals surface area contributed by atoms with Crippen LogP contribution in [-0.2, 0) is 4.79 Å². The summed E-state index contributed by atoms with van der Waals surface area (Å²) < 4.78 is 0.741. The molecule has 16 heavy (non-hydrogen) atoms. The van der Waals surface area contributed by atoms with Crippen LogP contribution in [0.4, 0.5) is 5.69 Å². The molecule has 0 spiro atoms. The molecule has 0 fully saturated rings. The van der Waals surface area contributed by atoms with Crippen LogP contribution in [-0.4, -0.2) is 23.5 Å². The van der Waals surface area contributed by atoms with Crippen LogP contribution in [0.15, 0.2) is 22.7 Å². The van der Waals surface area contributed by atoms with Crippen LogP contribution in [0.1, 0.15) is 16.8 Å². The number of amides is 1. The molecular weight excluding hydrogens is 276 g/mol. The number of nitrogens with two attached hydrogens (primary N) is 1. The van der Waals surface area contributed by atoms with Crippen LogP contribution in [0.5, 0.6) is 0 Å². The molecule has 1 aromatic carbocycles. The standard InChI is InChI=1S/C10H11BrN2O3/c11-6-1-2-8(12)7(5-6)10(16)13-4-3-9(14)15/h1-2,5H,3-4,12H2,(H,13,16)(H,14,15). The molecule has 0 atom stereocenters. The van der Waals surface area contributed by atoms with Crippen molar-refractivity contribution in [3.8, 4) is 0 Å². The Morgan fingerprint density at radius 2 is 2.12 bits per heavy atom. The van der Waals surface area contributed by atoms with Crippen molar-refractivity contribution in [2.24, 2.45) is 0 Å². The number of halogens is 1. The van der Waals surface area contributed by atoms with E-state index in [9.17, 15) is 9.59 Å². The third-order valence-electron chi connectivity index (χ3n) is 1.88.